The topological polar surface area (TPSA) is 94.5 Å². The van der Waals surface area contributed by atoms with Crippen molar-refractivity contribution < 1.29 is 0 Å². The second-order valence-corrected chi connectivity index (χ2v) is 4.44. The minimum absolute atomic E-state index is 0.518. The Morgan fingerprint density at radius 1 is 1.32 bits per heavy atom. The zero-order valence-corrected chi connectivity index (χ0v) is 11.5. The highest BCUT2D eigenvalue weighted by Crippen LogP contribution is 2.18. The molecule has 2 aromatic rings. The number of nitrogens with zero attached hydrogens (tertiary/aromatic N) is 5. The van der Waals surface area contributed by atoms with Crippen LogP contribution < -0.4 is 11.1 Å². The quantitative estimate of drug-likeness (QED) is 0.835. The van der Waals surface area contributed by atoms with Crippen LogP contribution in [0.25, 0.3) is 0 Å². The van der Waals surface area contributed by atoms with E-state index in [-0.39, 0.29) is 0 Å². The number of hydrogen-bond acceptors (Lipinski definition) is 6. The van der Waals surface area contributed by atoms with Crippen LogP contribution in [0.15, 0.2) is 6.33 Å². The van der Waals surface area contributed by atoms with Crippen molar-refractivity contribution in [3.05, 3.63) is 23.5 Å². The Kier molecular flexibility index (Phi) is 3.94. The second kappa shape index (κ2) is 5.64. The molecule has 0 amide bonds. The molecule has 0 bridgehead atoms. The van der Waals surface area contributed by atoms with Gasteiger partial charge < -0.3 is 11.1 Å². The van der Waals surface area contributed by atoms with Crippen LogP contribution in [0.1, 0.15) is 30.6 Å². The summed E-state index contributed by atoms with van der Waals surface area (Å²) in [6.45, 7) is 4.51. The summed E-state index contributed by atoms with van der Waals surface area (Å²) in [4.78, 5) is 12.9. The first-order valence-electron chi connectivity index (χ1n) is 6.31. The average Bonchev–Trinajstić information content (AvgIpc) is 2.78. The van der Waals surface area contributed by atoms with Crippen LogP contribution in [-0.4, -0.2) is 24.7 Å². The van der Waals surface area contributed by atoms with Crippen molar-refractivity contribution in [3.63, 3.8) is 0 Å². The third-order valence-electron chi connectivity index (χ3n) is 2.76. The molecule has 2 heterocycles. The number of anilines is 2. The molecule has 0 spiro atoms. The summed E-state index contributed by atoms with van der Waals surface area (Å²) in [6.07, 6.45) is 3.48. The summed E-state index contributed by atoms with van der Waals surface area (Å²) in [5.74, 6) is 2.76. The SMILES string of the molecule is CCCc1nc(N)c(C)c(NCc2ncn(C)n2)n1. The van der Waals surface area contributed by atoms with Crippen molar-refractivity contribution in [1.29, 1.82) is 0 Å². The molecule has 0 fully saturated rings. The van der Waals surface area contributed by atoms with Crippen molar-refractivity contribution in [1.82, 2.24) is 24.7 Å². The maximum absolute atomic E-state index is 5.90. The van der Waals surface area contributed by atoms with E-state index >= 15 is 0 Å². The largest absolute Gasteiger partial charge is 0.383 e. The Bertz CT molecular complexity index is 561. The molecule has 19 heavy (non-hydrogen) atoms. The van der Waals surface area contributed by atoms with Crippen LogP contribution in [0, 0.1) is 6.92 Å². The third kappa shape index (κ3) is 3.18. The van der Waals surface area contributed by atoms with E-state index < -0.39 is 0 Å². The van der Waals surface area contributed by atoms with Crippen molar-refractivity contribution >= 4 is 11.6 Å². The van der Waals surface area contributed by atoms with E-state index in [0.29, 0.717) is 12.4 Å². The van der Waals surface area contributed by atoms with Gasteiger partial charge in [-0.15, -0.1) is 0 Å². The molecule has 0 radical (unpaired) electrons. The summed E-state index contributed by atoms with van der Waals surface area (Å²) in [5.41, 5.74) is 6.76. The van der Waals surface area contributed by atoms with E-state index in [2.05, 4.69) is 32.3 Å². The summed E-state index contributed by atoms with van der Waals surface area (Å²) in [6, 6.07) is 0. The van der Waals surface area contributed by atoms with Crippen molar-refractivity contribution in [2.24, 2.45) is 7.05 Å². The normalized spacial score (nSPS) is 10.7. The first-order valence-corrected chi connectivity index (χ1v) is 6.31. The first kappa shape index (κ1) is 13.3. The molecule has 102 valence electrons. The van der Waals surface area contributed by atoms with Gasteiger partial charge in [-0.1, -0.05) is 6.92 Å². The molecule has 0 aliphatic heterocycles. The lowest BCUT2D eigenvalue weighted by Crippen LogP contribution is -2.10. The first-order chi connectivity index (χ1) is 9.10. The van der Waals surface area contributed by atoms with Crippen LogP contribution in [-0.2, 0) is 20.0 Å². The van der Waals surface area contributed by atoms with Crippen LogP contribution in [0.3, 0.4) is 0 Å². The number of aromatic nitrogens is 5. The summed E-state index contributed by atoms with van der Waals surface area (Å²) in [7, 11) is 1.84. The maximum atomic E-state index is 5.90. The Labute approximate surface area is 112 Å². The van der Waals surface area contributed by atoms with Gasteiger partial charge >= 0.3 is 0 Å². The molecule has 2 rings (SSSR count). The molecule has 0 aliphatic carbocycles. The van der Waals surface area contributed by atoms with E-state index in [1.54, 1.807) is 11.0 Å². The molecule has 0 saturated heterocycles. The number of aryl methyl sites for hydroxylation is 2. The molecule has 0 unspecified atom stereocenters. The van der Waals surface area contributed by atoms with E-state index in [1.807, 2.05) is 14.0 Å². The highest BCUT2D eigenvalue weighted by molar-refractivity contribution is 5.54. The molecule has 2 aromatic heterocycles. The second-order valence-electron chi connectivity index (χ2n) is 4.44. The third-order valence-corrected chi connectivity index (χ3v) is 2.76. The minimum atomic E-state index is 0.518. The van der Waals surface area contributed by atoms with Gasteiger partial charge in [-0.2, -0.15) is 5.10 Å². The smallest absolute Gasteiger partial charge is 0.169 e. The van der Waals surface area contributed by atoms with Gasteiger partial charge in [0.2, 0.25) is 0 Å². The van der Waals surface area contributed by atoms with E-state index in [0.717, 1.165) is 35.9 Å². The molecule has 0 saturated carbocycles. The number of nitrogens with one attached hydrogen (secondary N) is 1. The van der Waals surface area contributed by atoms with Gasteiger partial charge in [0, 0.05) is 19.0 Å². The fourth-order valence-corrected chi connectivity index (χ4v) is 1.72. The van der Waals surface area contributed by atoms with Gasteiger partial charge in [-0.3, -0.25) is 4.68 Å². The van der Waals surface area contributed by atoms with Crippen LogP contribution >= 0.6 is 0 Å². The van der Waals surface area contributed by atoms with Gasteiger partial charge in [-0.25, -0.2) is 15.0 Å². The van der Waals surface area contributed by atoms with E-state index in [1.165, 1.54) is 0 Å². The molecule has 0 aromatic carbocycles. The van der Waals surface area contributed by atoms with Gasteiger partial charge in [0.15, 0.2) is 5.82 Å². The Morgan fingerprint density at radius 3 is 2.74 bits per heavy atom. The Morgan fingerprint density at radius 2 is 2.11 bits per heavy atom. The molecule has 7 nitrogen and oxygen atoms in total. The maximum Gasteiger partial charge on any atom is 0.169 e. The van der Waals surface area contributed by atoms with E-state index in [4.69, 9.17) is 5.73 Å². The summed E-state index contributed by atoms with van der Waals surface area (Å²) < 4.78 is 1.67. The predicted octanol–water partition coefficient (Wildman–Crippen LogP) is 1.06. The lowest BCUT2D eigenvalue weighted by molar-refractivity contribution is 0.746. The standard InChI is InChI=1S/C12H19N7/c1-4-5-9-16-11(13)8(2)12(17-9)14-6-10-15-7-19(3)18-10/h7H,4-6H2,1-3H3,(H3,13,14,16,17). The Hall–Kier alpha value is -2.18. The highest BCUT2D eigenvalue weighted by Gasteiger charge is 2.09. The van der Waals surface area contributed by atoms with Gasteiger partial charge in [0.25, 0.3) is 0 Å². The van der Waals surface area contributed by atoms with Crippen LogP contribution in [0.5, 0.6) is 0 Å². The van der Waals surface area contributed by atoms with Gasteiger partial charge in [-0.05, 0) is 13.3 Å². The molecular formula is C12H19N7. The average molecular weight is 261 g/mol. The lowest BCUT2D eigenvalue weighted by atomic mass is 10.2. The summed E-state index contributed by atoms with van der Waals surface area (Å²) in [5, 5.41) is 7.42. The zero-order valence-electron chi connectivity index (χ0n) is 11.5. The fraction of sp³-hybridized carbons (Fsp3) is 0.500. The van der Waals surface area contributed by atoms with E-state index in [9.17, 15) is 0 Å². The monoisotopic (exact) mass is 261 g/mol. The Balaban J connectivity index is 2.14. The van der Waals surface area contributed by atoms with Crippen LogP contribution in [0.4, 0.5) is 11.6 Å². The number of nitrogens with two attached hydrogens (primary N) is 1. The van der Waals surface area contributed by atoms with Crippen molar-refractivity contribution in [3.8, 4) is 0 Å². The number of hydrogen-bond donors (Lipinski definition) is 2. The van der Waals surface area contributed by atoms with Crippen molar-refractivity contribution in [2.45, 2.75) is 33.2 Å². The lowest BCUT2D eigenvalue weighted by Gasteiger charge is -2.10. The highest BCUT2D eigenvalue weighted by atomic mass is 15.3. The number of rotatable bonds is 5. The van der Waals surface area contributed by atoms with Crippen LogP contribution in [0.2, 0.25) is 0 Å². The molecule has 0 aliphatic rings. The van der Waals surface area contributed by atoms with Gasteiger partial charge in [0.1, 0.15) is 23.8 Å². The fourth-order valence-electron chi connectivity index (χ4n) is 1.72. The molecular weight excluding hydrogens is 242 g/mol. The molecule has 0 atom stereocenters. The van der Waals surface area contributed by atoms with Gasteiger partial charge in [0.05, 0.1) is 6.54 Å². The molecule has 3 N–H and O–H groups in total. The molecule has 7 heteroatoms. The van der Waals surface area contributed by atoms with Crippen molar-refractivity contribution in [2.75, 3.05) is 11.1 Å². The minimum Gasteiger partial charge on any atom is -0.383 e. The number of nitrogen functional groups attached to an aromatic ring is 1. The summed E-state index contributed by atoms with van der Waals surface area (Å²) >= 11 is 0. The zero-order chi connectivity index (χ0) is 13.8. The predicted molar refractivity (Wildman–Crippen MR) is 73.5 cm³/mol.